The van der Waals surface area contributed by atoms with Crippen molar-refractivity contribution in [1.82, 2.24) is 15.0 Å². The van der Waals surface area contributed by atoms with Crippen molar-refractivity contribution in [3.05, 3.63) is 35.7 Å². The predicted molar refractivity (Wildman–Crippen MR) is 94.0 cm³/mol. The molecule has 1 aromatic carbocycles. The molecule has 1 aliphatic rings. The minimum Gasteiger partial charge on any atom is -0.481 e. The number of aromatic nitrogens is 2. The van der Waals surface area contributed by atoms with E-state index in [0.29, 0.717) is 18.3 Å². The molecule has 1 aromatic heterocycles. The van der Waals surface area contributed by atoms with E-state index in [2.05, 4.69) is 34.1 Å². The average molecular weight is 343 g/mol. The highest BCUT2D eigenvalue weighted by Gasteiger charge is 2.21. The lowest BCUT2D eigenvalue weighted by Crippen LogP contribution is -2.24. The molecule has 0 saturated carbocycles. The molecule has 0 bridgehead atoms. The van der Waals surface area contributed by atoms with Crippen LogP contribution in [0.5, 0.6) is 0 Å². The number of carbonyl (C=O) groups is 1. The summed E-state index contributed by atoms with van der Waals surface area (Å²) in [7, 11) is 0. The first-order chi connectivity index (χ1) is 12.1. The van der Waals surface area contributed by atoms with Crippen LogP contribution in [0.25, 0.3) is 11.4 Å². The first-order valence-electron chi connectivity index (χ1n) is 9.00. The zero-order valence-electron chi connectivity index (χ0n) is 14.6. The van der Waals surface area contributed by atoms with Gasteiger partial charge in [0.05, 0.1) is 6.54 Å². The minimum absolute atomic E-state index is 0.270. The van der Waals surface area contributed by atoms with Crippen molar-refractivity contribution < 1.29 is 14.4 Å². The fourth-order valence-corrected chi connectivity index (χ4v) is 3.35. The Morgan fingerprint density at radius 2 is 2.08 bits per heavy atom. The molecule has 2 aromatic rings. The van der Waals surface area contributed by atoms with E-state index in [9.17, 15) is 4.79 Å². The Kier molecular flexibility index (Phi) is 5.81. The Morgan fingerprint density at radius 3 is 2.80 bits per heavy atom. The molecule has 1 unspecified atom stereocenters. The molecule has 0 amide bonds. The normalized spacial score (nSPS) is 18.8. The molecule has 3 rings (SSSR count). The number of hydrogen-bond acceptors (Lipinski definition) is 5. The molecule has 134 valence electrons. The summed E-state index contributed by atoms with van der Waals surface area (Å²) in [4.78, 5) is 17.7. The summed E-state index contributed by atoms with van der Waals surface area (Å²) in [6.45, 7) is 4.57. The summed E-state index contributed by atoms with van der Waals surface area (Å²) in [6, 6.07) is 8.22. The van der Waals surface area contributed by atoms with E-state index in [4.69, 9.17) is 9.63 Å². The molecule has 2 heterocycles. The van der Waals surface area contributed by atoms with E-state index in [-0.39, 0.29) is 12.3 Å². The van der Waals surface area contributed by atoms with Crippen LogP contribution in [0.15, 0.2) is 28.8 Å². The topological polar surface area (TPSA) is 79.5 Å². The van der Waals surface area contributed by atoms with Gasteiger partial charge in [-0.25, -0.2) is 0 Å². The van der Waals surface area contributed by atoms with Gasteiger partial charge in [-0.05, 0) is 50.3 Å². The molecule has 1 saturated heterocycles. The van der Waals surface area contributed by atoms with Gasteiger partial charge in [0, 0.05) is 12.0 Å². The second-order valence-electron chi connectivity index (χ2n) is 6.73. The average Bonchev–Trinajstić information content (AvgIpc) is 2.96. The fourth-order valence-electron chi connectivity index (χ4n) is 3.35. The van der Waals surface area contributed by atoms with Crippen molar-refractivity contribution in [3.63, 3.8) is 0 Å². The van der Waals surface area contributed by atoms with Crippen LogP contribution in [-0.2, 0) is 17.8 Å². The van der Waals surface area contributed by atoms with E-state index < -0.39 is 5.97 Å². The quantitative estimate of drug-likeness (QED) is 0.866. The highest BCUT2D eigenvalue weighted by molar-refractivity contribution is 5.67. The van der Waals surface area contributed by atoms with Gasteiger partial charge in [-0.3, -0.25) is 9.69 Å². The van der Waals surface area contributed by atoms with Crippen molar-refractivity contribution in [2.45, 2.75) is 45.6 Å². The smallest absolute Gasteiger partial charge is 0.303 e. The molecule has 1 fully saturated rings. The summed E-state index contributed by atoms with van der Waals surface area (Å²) in [6.07, 6.45) is 4.17. The number of benzene rings is 1. The fraction of sp³-hybridized carbons (Fsp3) is 0.526. The van der Waals surface area contributed by atoms with Crippen molar-refractivity contribution in [2.24, 2.45) is 5.92 Å². The minimum atomic E-state index is -0.700. The van der Waals surface area contributed by atoms with Gasteiger partial charge < -0.3 is 9.63 Å². The van der Waals surface area contributed by atoms with Gasteiger partial charge >= 0.3 is 5.97 Å². The van der Waals surface area contributed by atoms with Crippen LogP contribution in [0.4, 0.5) is 0 Å². The van der Waals surface area contributed by atoms with Crippen LogP contribution in [0.3, 0.4) is 0 Å². The van der Waals surface area contributed by atoms with Crippen molar-refractivity contribution in [1.29, 1.82) is 0 Å². The lowest BCUT2D eigenvalue weighted by molar-refractivity contribution is -0.138. The number of nitrogens with zero attached hydrogens (tertiary/aromatic N) is 3. The molecule has 6 heteroatoms. The Morgan fingerprint density at radius 1 is 1.28 bits per heavy atom. The number of aryl methyl sites for hydroxylation is 1. The van der Waals surface area contributed by atoms with E-state index in [0.717, 1.165) is 44.3 Å². The molecule has 6 nitrogen and oxygen atoms in total. The van der Waals surface area contributed by atoms with Crippen molar-refractivity contribution >= 4 is 5.97 Å². The largest absolute Gasteiger partial charge is 0.481 e. The first kappa shape index (κ1) is 17.6. The van der Waals surface area contributed by atoms with E-state index in [1.165, 1.54) is 5.56 Å². The zero-order chi connectivity index (χ0) is 17.6. The third-order valence-electron chi connectivity index (χ3n) is 4.85. The second-order valence-corrected chi connectivity index (χ2v) is 6.73. The maximum Gasteiger partial charge on any atom is 0.303 e. The standard InChI is InChI=1S/C19H25N3O3/c1-2-14-5-7-16(8-6-14)19-20-17(25-21-19)13-22-10-3-4-15(9-11-22)12-18(23)24/h5-8,15H,2-4,9-13H2,1H3,(H,23,24). The number of carboxylic acids is 1. The molecular weight excluding hydrogens is 318 g/mol. The molecule has 1 aliphatic heterocycles. The summed E-state index contributed by atoms with van der Waals surface area (Å²) in [5, 5.41) is 13.1. The molecule has 0 radical (unpaired) electrons. The van der Waals surface area contributed by atoms with Gasteiger partial charge in [0.1, 0.15) is 0 Å². The lowest BCUT2D eigenvalue weighted by atomic mass is 9.97. The van der Waals surface area contributed by atoms with Crippen LogP contribution in [0.2, 0.25) is 0 Å². The van der Waals surface area contributed by atoms with Crippen LogP contribution >= 0.6 is 0 Å². The highest BCUT2D eigenvalue weighted by atomic mass is 16.5. The van der Waals surface area contributed by atoms with Crippen LogP contribution in [-0.4, -0.2) is 39.2 Å². The summed E-state index contributed by atoms with van der Waals surface area (Å²) in [5.41, 5.74) is 2.25. The van der Waals surface area contributed by atoms with Crippen molar-refractivity contribution in [2.75, 3.05) is 13.1 Å². The summed E-state index contributed by atoms with van der Waals surface area (Å²) >= 11 is 0. The SMILES string of the molecule is CCc1ccc(-c2noc(CN3CCCC(CC(=O)O)CC3)n2)cc1. The Bertz CT molecular complexity index is 696. The van der Waals surface area contributed by atoms with Gasteiger partial charge in [-0.1, -0.05) is 36.3 Å². The number of rotatable bonds is 6. The van der Waals surface area contributed by atoms with Gasteiger partial charge in [0.2, 0.25) is 11.7 Å². The maximum absolute atomic E-state index is 10.9. The van der Waals surface area contributed by atoms with E-state index >= 15 is 0 Å². The Hall–Kier alpha value is -2.21. The molecule has 1 N–H and O–H groups in total. The third-order valence-corrected chi connectivity index (χ3v) is 4.85. The van der Waals surface area contributed by atoms with E-state index in [1.54, 1.807) is 0 Å². The highest BCUT2D eigenvalue weighted by Crippen LogP contribution is 2.22. The Balaban J connectivity index is 1.58. The van der Waals surface area contributed by atoms with Crippen molar-refractivity contribution in [3.8, 4) is 11.4 Å². The van der Waals surface area contributed by atoms with Crippen LogP contribution in [0, 0.1) is 5.92 Å². The summed E-state index contributed by atoms with van der Waals surface area (Å²) < 4.78 is 5.41. The number of aliphatic carboxylic acids is 1. The molecule has 1 atom stereocenters. The molecule has 0 aliphatic carbocycles. The monoisotopic (exact) mass is 343 g/mol. The zero-order valence-corrected chi connectivity index (χ0v) is 14.6. The van der Waals surface area contributed by atoms with Gasteiger partial charge in [0.25, 0.3) is 0 Å². The summed E-state index contributed by atoms with van der Waals surface area (Å²) in [5.74, 6) is 0.814. The number of hydrogen-bond donors (Lipinski definition) is 1. The lowest BCUT2D eigenvalue weighted by Gasteiger charge is -2.17. The number of likely N-dealkylation sites (tertiary alicyclic amines) is 1. The first-order valence-corrected chi connectivity index (χ1v) is 9.00. The molecular formula is C19H25N3O3. The van der Waals surface area contributed by atoms with Gasteiger partial charge in [-0.15, -0.1) is 0 Å². The van der Waals surface area contributed by atoms with Gasteiger partial charge in [0.15, 0.2) is 0 Å². The third kappa shape index (κ3) is 4.89. The second kappa shape index (κ2) is 8.25. The van der Waals surface area contributed by atoms with Gasteiger partial charge in [-0.2, -0.15) is 4.98 Å². The maximum atomic E-state index is 10.9. The number of carboxylic acid groups (broad SMARTS) is 1. The Labute approximate surface area is 147 Å². The van der Waals surface area contributed by atoms with Crippen LogP contribution in [0.1, 0.15) is 44.1 Å². The van der Waals surface area contributed by atoms with Crippen LogP contribution < -0.4 is 0 Å². The molecule has 0 spiro atoms. The molecule has 25 heavy (non-hydrogen) atoms. The predicted octanol–water partition coefficient (Wildman–Crippen LogP) is 3.38. The van der Waals surface area contributed by atoms with E-state index in [1.807, 2.05) is 12.1 Å².